The van der Waals surface area contributed by atoms with Gasteiger partial charge in [0.1, 0.15) is 11.4 Å². The Morgan fingerprint density at radius 3 is 2.60 bits per heavy atom. The minimum absolute atomic E-state index is 0.365. The first kappa shape index (κ1) is 11.1. The highest BCUT2D eigenvalue weighted by atomic mass is 79.9. The zero-order valence-corrected chi connectivity index (χ0v) is 10.9. The van der Waals surface area contributed by atoms with E-state index in [0.717, 1.165) is 17.0 Å². The maximum absolute atomic E-state index is 5.46. The van der Waals surface area contributed by atoms with E-state index in [1.165, 1.54) is 12.8 Å². The molecule has 15 heavy (non-hydrogen) atoms. The minimum atomic E-state index is -0.365. The summed E-state index contributed by atoms with van der Waals surface area (Å²) in [7, 11) is 1.71. The molecule has 84 valence electrons. The monoisotopic (exact) mass is 273 g/mol. The summed E-state index contributed by atoms with van der Waals surface area (Å²) in [5, 5.41) is 9.19. The number of alkyl halides is 1. The zero-order valence-electron chi connectivity index (χ0n) is 9.33. The second kappa shape index (κ2) is 3.87. The Bertz CT molecular complexity index is 358. The van der Waals surface area contributed by atoms with Crippen molar-refractivity contribution in [2.24, 2.45) is 0 Å². The summed E-state index contributed by atoms with van der Waals surface area (Å²) in [5.41, 5.74) is -0.365. The van der Waals surface area contributed by atoms with Gasteiger partial charge in [0.2, 0.25) is 0 Å². The van der Waals surface area contributed by atoms with Gasteiger partial charge < -0.3 is 9.30 Å². The van der Waals surface area contributed by atoms with Gasteiger partial charge in [-0.05, 0) is 26.7 Å². The van der Waals surface area contributed by atoms with Crippen molar-refractivity contribution in [2.45, 2.75) is 43.7 Å². The van der Waals surface area contributed by atoms with E-state index in [0.29, 0.717) is 6.04 Å². The Morgan fingerprint density at radius 1 is 1.47 bits per heavy atom. The topological polar surface area (TPSA) is 39.9 Å². The van der Waals surface area contributed by atoms with Gasteiger partial charge in [0, 0.05) is 13.2 Å². The standard InChI is InChI=1S/C10H16BrN3O/c1-10(2,15-3)9-13-12-8(6-11)14(9)7-4-5-7/h7H,4-6H2,1-3H3. The van der Waals surface area contributed by atoms with E-state index in [1.54, 1.807) is 7.11 Å². The summed E-state index contributed by atoms with van der Waals surface area (Å²) in [6.07, 6.45) is 2.45. The van der Waals surface area contributed by atoms with Crippen molar-refractivity contribution in [1.29, 1.82) is 0 Å². The largest absolute Gasteiger partial charge is 0.371 e. The summed E-state index contributed by atoms with van der Waals surface area (Å²) < 4.78 is 7.68. The molecule has 0 unspecified atom stereocenters. The Balaban J connectivity index is 2.42. The van der Waals surface area contributed by atoms with Gasteiger partial charge in [-0.3, -0.25) is 0 Å². The highest BCUT2D eigenvalue weighted by Gasteiger charge is 2.35. The number of rotatable bonds is 4. The third-order valence-electron chi connectivity index (χ3n) is 2.85. The fraction of sp³-hybridized carbons (Fsp3) is 0.800. The van der Waals surface area contributed by atoms with Crippen molar-refractivity contribution in [3.63, 3.8) is 0 Å². The molecular formula is C10H16BrN3O. The Labute approximate surface area is 98.2 Å². The maximum atomic E-state index is 5.46. The van der Waals surface area contributed by atoms with Crippen LogP contribution in [0.2, 0.25) is 0 Å². The minimum Gasteiger partial charge on any atom is -0.371 e. The first-order valence-electron chi connectivity index (χ1n) is 5.15. The predicted octanol–water partition coefficient (Wildman–Crippen LogP) is 2.39. The van der Waals surface area contributed by atoms with Gasteiger partial charge in [0.25, 0.3) is 0 Å². The Hall–Kier alpha value is -0.420. The van der Waals surface area contributed by atoms with Crippen molar-refractivity contribution in [3.05, 3.63) is 11.6 Å². The van der Waals surface area contributed by atoms with Crippen molar-refractivity contribution >= 4 is 15.9 Å². The van der Waals surface area contributed by atoms with E-state index >= 15 is 0 Å². The molecule has 2 rings (SSSR count). The summed E-state index contributed by atoms with van der Waals surface area (Å²) in [6, 6.07) is 0.581. The van der Waals surface area contributed by atoms with Gasteiger partial charge >= 0.3 is 0 Å². The van der Waals surface area contributed by atoms with Crippen LogP contribution < -0.4 is 0 Å². The second-order valence-corrected chi connectivity index (χ2v) is 4.95. The SMILES string of the molecule is COC(C)(C)c1nnc(CBr)n1C1CC1. The van der Waals surface area contributed by atoms with Crippen LogP contribution in [-0.4, -0.2) is 21.9 Å². The molecule has 1 aromatic rings. The highest BCUT2D eigenvalue weighted by molar-refractivity contribution is 9.08. The third-order valence-corrected chi connectivity index (χ3v) is 3.35. The molecule has 0 aliphatic heterocycles. The van der Waals surface area contributed by atoms with Crippen molar-refractivity contribution in [2.75, 3.05) is 7.11 Å². The van der Waals surface area contributed by atoms with E-state index in [9.17, 15) is 0 Å². The lowest BCUT2D eigenvalue weighted by atomic mass is 10.1. The lowest BCUT2D eigenvalue weighted by Gasteiger charge is -2.23. The number of hydrogen-bond acceptors (Lipinski definition) is 3. The summed E-state index contributed by atoms with van der Waals surface area (Å²) in [4.78, 5) is 0. The molecular weight excluding hydrogens is 258 g/mol. The normalized spacial score (nSPS) is 17.1. The number of halogens is 1. The highest BCUT2D eigenvalue weighted by Crippen LogP contribution is 2.39. The van der Waals surface area contributed by atoms with Crippen LogP contribution in [0.25, 0.3) is 0 Å². The molecule has 5 heteroatoms. The Kier molecular flexibility index (Phi) is 2.85. The van der Waals surface area contributed by atoms with Gasteiger partial charge in [-0.2, -0.15) is 0 Å². The quantitative estimate of drug-likeness (QED) is 0.791. The zero-order chi connectivity index (χ0) is 11.1. The average Bonchev–Trinajstić information content (AvgIpc) is 2.97. The second-order valence-electron chi connectivity index (χ2n) is 4.39. The lowest BCUT2D eigenvalue weighted by molar-refractivity contribution is 0.00805. The first-order valence-corrected chi connectivity index (χ1v) is 6.27. The predicted molar refractivity (Wildman–Crippen MR) is 61.0 cm³/mol. The van der Waals surface area contributed by atoms with Crippen LogP contribution in [0.5, 0.6) is 0 Å². The van der Waals surface area contributed by atoms with E-state index < -0.39 is 0 Å². The Morgan fingerprint density at radius 2 is 2.13 bits per heavy atom. The van der Waals surface area contributed by atoms with E-state index in [-0.39, 0.29) is 5.60 Å². The molecule has 0 bridgehead atoms. The van der Waals surface area contributed by atoms with Crippen molar-refractivity contribution < 1.29 is 4.74 Å². The van der Waals surface area contributed by atoms with E-state index in [2.05, 4.69) is 30.7 Å². The number of methoxy groups -OCH3 is 1. The first-order chi connectivity index (χ1) is 7.10. The molecule has 0 amide bonds. The summed E-state index contributed by atoms with van der Waals surface area (Å²) >= 11 is 3.44. The summed E-state index contributed by atoms with van der Waals surface area (Å²) in [6.45, 7) is 4.04. The molecule has 0 saturated heterocycles. The van der Waals surface area contributed by atoms with Gasteiger partial charge in [-0.15, -0.1) is 10.2 Å². The maximum Gasteiger partial charge on any atom is 0.165 e. The smallest absolute Gasteiger partial charge is 0.165 e. The van der Waals surface area contributed by atoms with Gasteiger partial charge in [0.05, 0.1) is 5.33 Å². The van der Waals surface area contributed by atoms with Crippen molar-refractivity contribution in [3.8, 4) is 0 Å². The molecule has 0 spiro atoms. The fourth-order valence-corrected chi connectivity index (χ4v) is 2.02. The lowest BCUT2D eigenvalue weighted by Crippen LogP contribution is -2.25. The number of aromatic nitrogens is 3. The summed E-state index contributed by atoms with van der Waals surface area (Å²) in [5.74, 6) is 1.93. The van der Waals surface area contributed by atoms with Crippen LogP contribution in [0.1, 0.15) is 44.4 Å². The molecule has 1 fully saturated rings. The van der Waals surface area contributed by atoms with Crippen LogP contribution >= 0.6 is 15.9 Å². The van der Waals surface area contributed by atoms with Crippen LogP contribution in [0.15, 0.2) is 0 Å². The molecule has 4 nitrogen and oxygen atoms in total. The molecule has 0 N–H and O–H groups in total. The average molecular weight is 274 g/mol. The number of nitrogens with zero attached hydrogens (tertiary/aromatic N) is 3. The van der Waals surface area contributed by atoms with Crippen molar-refractivity contribution in [1.82, 2.24) is 14.8 Å². The third kappa shape index (κ3) is 1.95. The van der Waals surface area contributed by atoms with Crippen LogP contribution in [0.4, 0.5) is 0 Å². The molecule has 0 atom stereocenters. The van der Waals surface area contributed by atoms with Crippen LogP contribution in [0.3, 0.4) is 0 Å². The van der Waals surface area contributed by atoms with E-state index in [1.807, 2.05) is 13.8 Å². The van der Waals surface area contributed by atoms with Gasteiger partial charge in [-0.1, -0.05) is 15.9 Å². The molecule has 1 saturated carbocycles. The number of ether oxygens (including phenoxy) is 1. The molecule has 1 aromatic heterocycles. The van der Waals surface area contributed by atoms with Gasteiger partial charge in [-0.25, -0.2) is 0 Å². The fourth-order valence-electron chi connectivity index (χ4n) is 1.63. The van der Waals surface area contributed by atoms with E-state index in [4.69, 9.17) is 4.74 Å². The molecule has 1 aliphatic rings. The molecule has 0 radical (unpaired) electrons. The molecule has 1 aliphatic carbocycles. The molecule has 0 aromatic carbocycles. The molecule has 1 heterocycles. The van der Waals surface area contributed by atoms with Crippen LogP contribution in [-0.2, 0) is 15.7 Å². The number of hydrogen-bond donors (Lipinski definition) is 0. The van der Waals surface area contributed by atoms with Crippen LogP contribution in [0, 0.1) is 0 Å². The van der Waals surface area contributed by atoms with Gasteiger partial charge in [0.15, 0.2) is 5.82 Å².